The SMILES string of the molecule is O.O.[Al].[Al].[Ba+2].[OH-].[OH-]. The molecule has 0 aromatic rings. The summed E-state index contributed by atoms with van der Waals surface area (Å²) in [6, 6.07) is 0. The van der Waals surface area contributed by atoms with Gasteiger partial charge < -0.3 is 21.9 Å². The summed E-state index contributed by atoms with van der Waals surface area (Å²) < 4.78 is 0. The Kier molecular flexibility index (Phi) is 1230. The van der Waals surface area contributed by atoms with Gasteiger partial charge in [-0.3, -0.25) is 0 Å². The maximum absolute atomic E-state index is 0. The second kappa shape index (κ2) is 77.3. The predicted octanol–water partition coefficient (Wildman–Crippen LogP) is -3.15. The molecule has 38 valence electrons. The second-order valence-electron chi connectivity index (χ2n) is 0. The first-order valence-corrected chi connectivity index (χ1v) is 0. The number of hydrogen-bond acceptors (Lipinski definition) is 2. The molecule has 0 unspecified atom stereocenters. The Morgan fingerprint density at radius 2 is 0.571 bits per heavy atom. The summed E-state index contributed by atoms with van der Waals surface area (Å²) in [7, 11) is 0. The van der Waals surface area contributed by atoms with Crippen molar-refractivity contribution in [3.63, 3.8) is 0 Å². The number of rotatable bonds is 0. The molecule has 4 nitrogen and oxygen atoms in total. The van der Waals surface area contributed by atoms with Gasteiger partial charge in [-0.25, -0.2) is 0 Å². The van der Waals surface area contributed by atoms with Gasteiger partial charge in [0.1, 0.15) is 0 Å². The van der Waals surface area contributed by atoms with Gasteiger partial charge in [0.2, 0.25) is 0 Å². The van der Waals surface area contributed by atoms with E-state index < -0.39 is 0 Å². The molecule has 0 rings (SSSR count). The molecule has 0 aliphatic carbocycles. The van der Waals surface area contributed by atoms with Crippen LogP contribution in [0.25, 0.3) is 0 Å². The second-order valence-corrected chi connectivity index (χ2v) is 0. The molecule has 6 N–H and O–H groups in total. The van der Waals surface area contributed by atoms with Crippen LogP contribution in [0.4, 0.5) is 0 Å². The summed E-state index contributed by atoms with van der Waals surface area (Å²) in [5.74, 6) is 0. The van der Waals surface area contributed by atoms with E-state index in [1.54, 1.807) is 0 Å². The normalized spacial score (nSPS) is 0. The summed E-state index contributed by atoms with van der Waals surface area (Å²) in [6.07, 6.45) is 0. The van der Waals surface area contributed by atoms with Gasteiger partial charge in [-0.2, -0.15) is 0 Å². The molecule has 7 heteroatoms. The third-order valence-electron chi connectivity index (χ3n) is 0. The minimum absolute atomic E-state index is 0. The molecule has 0 spiro atoms. The zero-order valence-electron chi connectivity index (χ0n) is 3.76. The van der Waals surface area contributed by atoms with E-state index in [9.17, 15) is 0 Å². The predicted molar refractivity (Wildman–Crippen MR) is 28.4 cm³/mol. The zero-order valence-corrected chi connectivity index (χ0v) is 10.5. The van der Waals surface area contributed by atoms with Crippen molar-refractivity contribution in [2.45, 2.75) is 0 Å². The van der Waals surface area contributed by atoms with Crippen LogP contribution in [0.3, 0.4) is 0 Å². The molecule has 0 saturated carbocycles. The van der Waals surface area contributed by atoms with Crippen LogP contribution in [-0.4, -0.2) is 106 Å². The average molecular weight is 261 g/mol. The monoisotopic (exact) mass is 262 g/mol. The Morgan fingerprint density at radius 1 is 0.571 bits per heavy atom. The van der Waals surface area contributed by atoms with E-state index in [1.807, 2.05) is 0 Å². The minimum atomic E-state index is 0. The minimum Gasteiger partial charge on any atom is -0.870 e. The van der Waals surface area contributed by atoms with Crippen LogP contribution in [0, 0.1) is 0 Å². The van der Waals surface area contributed by atoms with Crippen LogP contribution >= 0.6 is 0 Å². The maximum Gasteiger partial charge on any atom is 2.00 e. The Labute approximate surface area is 104 Å². The van der Waals surface area contributed by atoms with Crippen molar-refractivity contribution < 1.29 is 21.9 Å². The van der Waals surface area contributed by atoms with Crippen molar-refractivity contribution >= 4 is 83.6 Å². The summed E-state index contributed by atoms with van der Waals surface area (Å²) in [5, 5.41) is 0. The Hall–Kier alpha value is 2.48. The summed E-state index contributed by atoms with van der Waals surface area (Å²) in [5.41, 5.74) is 0. The van der Waals surface area contributed by atoms with Crippen LogP contribution in [-0.2, 0) is 0 Å². The Bertz CT molecular complexity index is 9.65. The fourth-order valence-corrected chi connectivity index (χ4v) is 0. The van der Waals surface area contributed by atoms with Gasteiger partial charge in [0.15, 0.2) is 0 Å². The van der Waals surface area contributed by atoms with Crippen molar-refractivity contribution in [2.24, 2.45) is 0 Å². The Balaban J connectivity index is 0. The fraction of sp³-hybridized carbons (Fsp3) is 0. The van der Waals surface area contributed by atoms with E-state index in [2.05, 4.69) is 0 Å². The van der Waals surface area contributed by atoms with E-state index >= 15 is 0 Å². The van der Waals surface area contributed by atoms with Gasteiger partial charge in [-0.15, -0.1) is 0 Å². The van der Waals surface area contributed by atoms with Crippen molar-refractivity contribution in [2.75, 3.05) is 0 Å². The fourth-order valence-electron chi connectivity index (χ4n) is 0. The number of hydrogen-bond donors (Lipinski definition) is 0. The molecule has 0 heterocycles. The van der Waals surface area contributed by atoms with Crippen molar-refractivity contribution in [1.29, 1.82) is 0 Å². The molecular formula is H6Al2BaO4. The van der Waals surface area contributed by atoms with Gasteiger partial charge in [0.05, 0.1) is 0 Å². The van der Waals surface area contributed by atoms with Crippen LogP contribution in [0.1, 0.15) is 0 Å². The van der Waals surface area contributed by atoms with E-state index in [4.69, 9.17) is 0 Å². The van der Waals surface area contributed by atoms with E-state index in [-0.39, 0.29) is 106 Å². The molecule has 6 radical (unpaired) electrons. The first kappa shape index (κ1) is 111. The Morgan fingerprint density at radius 3 is 0.571 bits per heavy atom. The molecule has 0 bridgehead atoms. The van der Waals surface area contributed by atoms with Crippen molar-refractivity contribution in [1.82, 2.24) is 0 Å². The smallest absolute Gasteiger partial charge is 0.870 e. The third kappa shape index (κ3) is 58.0. The molecule has 0 aromatic carbocycles. The third-order valence-corrected chi connectivity index (χ3v) is 0. The summed E-state index contributed by atoms with van der Waals surface area (Å²) in [6.45, 7) is 0. The quantitative estimate of drug-likeness (QED) is 0.427. The summed E-state index contributed by atoms with van der Waals surface area (Å²) in [4.78, 5) is 0. The van der Waals surface area contributed by atoms with Crippen molar-refractivity contribution in [3.8, 4) is 0 Å². The van der Waals surface area contributed by atoms with E-state index in [0.29, 0.717) is 0 Å². The first-order chi connectivity index (χ1) is 0. The van der Waals surface area contributed by atoms with E-state index in [1.165, 1.54) is 0 Å². The molecule has 0 fully saturated rings. The van der Waals surface area contributed by atoms with Gasteiger partial charge in [-0.05, 0) is 0 Å². The molecule has 0 aliphatic heterocycles. The van der Waals surface area contributed by atoms with Crippen molar-refractivity contribution in [3.05, 3.63) is 0 Å². The topological polar surface area (TPSA) is 123 Å². The average Bonchev–Trinajstić information content (AvgIpc) is 0. The molecule has 0 amide bonds. The standard InChI is InChI=1S/2Al.Ba.4H2O/h;;;4*1H2/q;;+2;;;;/p-2. The molecular weight excluding hydrogens is 255 g/mol. The molecule has 7 heavy (non-hydrogen) atoms. The molecule has 0 aromatic heterocycles. The van der Waals surface area contributed by atoms with Crippen LogP contribution in [0.15, 0.2) is 0 Å². The van der Waals surface area contributed by atoms with Crippen LogP contribution in [0.5, 0.6) is 0 Å². The molecule has 0 atom stereocenters. The van der Waals surface area contributed by atoms with Gasteiger partial charge >= 0.3 is 48.9 Å². The summed E-state index contributed by atoms with van der Waals surface area (Å²) >= 11 is 0. The van der Waals surface area contributed by atoms with Gasteiger partial charge in [0.25, 0.3) is 0 Å². The first-order valence-electron chi connectivity index (χ1n) is 0. The van der Waals surface area contributed by atoms with Crippen LogP contribution < -0.4 is 0 Å². The van der Waals surface area contributed by atoms with Gasteiger partial charge in [-0.1, -0.05) is 0 Å². The maximum atomic E-state index is 0. The van der Waals surface area contributed by atoms with Gasteiger partial charge in [0, 0.05) is 34.7 Å². The zero-order chi connectivity index (χ0) is 0. The molecule has 0 aliphatic rings. The largest absolute Gasteiger partial charge is 2.00 e. The molecule has 0 saturated heterocycles. The van der Waals surface area contributed by atoms with Crippen LogP contribution in [0.2, 0.25) is 0 Å². The van der Waals surface area contributed by atoms with E-state index in [0.717, 1.165) is 0 Å².